The van der Waals surface area contributed by atoms with Gasteiger partial charge in [0, 0.05) is 80.4 Å². The lowest BCUT2D eigenvalue weighted by atomic mass is 10.0. The number of hydrogen-bond donors (Lipinski definition) is 3. The molecule has 0 spiro atoms. The van der Waals surface area contributed by atoms with E-state index in [1.165, 1.54) is 23.8 Å². The number of para-hydroxylation sites is 6. The van der Waals surface area contributed by atoms with E-state index in [9.17, 15) is 14.7 Å². The van der Waals surface area contributed by atoms with E-state index < -0.39 is 0 Å². The summed E-state index contributed by atoms with van der Waals surface area (Å²) in [5.41, 5.74) is 27.0. The highest BCUT2D eigenvalue weighted by atomic mass is 16.3. The summed E-state index contributed by atoms with van der Waals surface area (Å²) in [6.07, 6.45) is 4.62. The highest BCUT2D eigenvalue weighted by molar-refractivity contribution is 5.91. The van der Waals surface area contributed by atoms with E-state index in [2.05, 4.69) is 274 Å². The summed E-state index contributed by atoms with van der Waals surface area (Å²) >= 11 is 0. The Kier molecular flexibility index (Phi) is 21.1. The Hall–Kier alpha value is -13.4. The number of anilines is 10. The van der Waals surface area contributed by atoms with Crippen LogP contribution in [0.25, 0.3) is 33.4 Å². The van der Waals surface area contributed by atoms with Crippen LogP contribution in [-0.2, 0) is 0 Å². The molecule has 474 valence electrons. The van der Waals surface area contributed by atoms with Crippen molar-refractivity contribution in [1.82, 2.24) is 0 Å². The Morgan fingerprint density at radius 3 is 0.816 bits per heavy atom. The lowest BCUT2D eigenvalue weighted by molar-refractivity contribution is 0.112. The Balaban J connectivity index is 0.000000201. The average Bonchev–Trinajstić information content (AvgIpc) is 0.901. The smallest absolute Gasteiger partial charge is 0.153 e. The fourth-order valence-corrected chi connectivity index (χ4v) is 11.2. The fourth-order valence-electron chi connectivity index (χ4n) is 11.2. The standard InChI is InChI=1S/C56H42N4O.C24H20N2.C8H6O3/c61-56-38-21-42(40-57-48-30-22-43(23-31-48)45-26-34-54(35-27-45)59(50-13-5-1-6-14-50)51-15-7-2-8-16-51)39-47(56)41-58-49-32-24-44(25-33-49)46-28-36-55(37-29-46)60(52-17-9-3-10-18-52)53-19-11-4-12-20-53;25-21-15-11-19(12-16-21)20-13-17-24(18-14-20)26(22-7-3-1-4-8-22)23-9-5-2-6-10-23;9-4-6-1-2-8(11)7(3-6)5-10/h1-41,61H;1-18H,25H2;1-5,11H. The first-order valence-electron chi connectivity index (χ1n) is 32.0. The van der Waals surface area contributed by atoms with Gasteiger partial charge in [-0.25, -0.2) is 0 Å². The van der Waals surface area contributed by atoms with Crippen molar-refractivity contribution < 1.29 is 19.8 Å². The van der Waals surface area contributed by atoms with Gasteiger partial charge >= 0.3 is 0 Å². The van der Waals surface area contributed by atoms with Crippen LogP contribution in [0.2, 0.25) is 0 Å². The second-order valence-corrected chi connectivity index (χ2v) is 22.8. The predicted octanol–water partition coefficient (Wildman–Crippen LogP) is 22.6. The first-order chi connectivity index (χ1) is 48.2. The topological polar surface area (TPSA) is 135 Å². The van der Waals surface area contributed by atoms with Gasteiger partial charge < -0.3 is 30.6 Å². The minimum atomic E-state index is -0.106. The number of nitrogens with two attached hydrogens (primary N) is 1. The van der Waals surface area contributed by atoms with Gasteiger partial charge in [0.15, 0.2) is 6.29 Å². The van der Waals surface area contributed by atoms with E-state index >= 15 is 0 Å². The average molecular weight is 1270 g/mol. The molecule has 10 nitrogen and oxygen atoms in total. The predicted molar refractivity (Wildman–Crippen MR) is 406 cm³/mol. The quantitative estimate of drug-likeness (QED) is 0.0439. The lowest BCUT2D eigenvalue weighted by Crippen LogP contribution is -2.09. The zero-order chi connectivity index (χ0) is 67.3. The number of rotatable bonds is 18. The first kappa shape index (κ1) is 64.7. The number of hydrogen-bond acceptors (Lipinski definition) is 10. The molecule has 0 bridgehead atoms. The molecule has 10 heteroatoms. The van der Waals surface area contributed by atoms with E-state index in [0.29, 0.717) is 23.7 Å². The molecule has 0 saturated heterocycles. The fraction of sp³-hybridized carbons (Fsp3) is 0. The van der Waals surface area contributed by atoms with Crippen molar-refractivity contribution in [2.24, 2.45) is 9.98 Å². The molecule has 4 N–H and O–H groups in total. The normalized spacial score (nSPS) is 10.8. The maximum absolute atomic E-state index is 10.7. The first-order valence-corrected chi connectivity index (χ1v) is 32.0. The minimum Gasteiger partial charge on any atom is -0.507 e. The number of nitrogens with zero attached hydrogens (tertiary/aromatic N) is 5. The zero-order valence-corrected chi connectivity index (χ0v) is 53.5. The van der Waals surface area contributed by atoms with Crippen LogP contribution in [0.1, 0.15) is 31.8 Å². The molecule has 0 fully saturated rings. The largest absolute Gasteiger partial charge is 0.507 e. The SMILES string of the molecule is Nc1ccc(-c2ccc(N(c3ccccc3)c3ccccc3)cc2)cc1.O=Cc1ccc(O)c(C=O)c1.Oc1ccc(C=Nc2ccc(-c3ccc(N(c4ccccc4)c4ccccc4)cc3)cc2)cc1C=Nc1ccc(-c2ccc(N(c3ccccc3)c3ccccc3)cc2)cc1. The number of benzene rings is 14. The lowest BCUT2D eigenvalue weighted by Gasteiger charge is -2.25. The molecule has 98 heavy (non-hydrogen) atoms. The summed E-state index contributed by atoms with van der Waals surface area (Å²) < 4.78 is 0. The van der Waals surface area contributed by atoms with Gasteiger partial charge in [-0.1, -0.05) is 182 Å². The third kappa shape index (κ3) is 16.5. The van der Waals surface area contributed by atoms with Gasteiger partial charge in [-0.05, 0) is 221 Å². The van der Waals surface area contributed by atoms with Crippen LogP contribution in [0, 0.1) is 0 Å². The molecule has 0 aliphatic heterocycles. The number of carbonyl (C=O) groups is 2. The molecule has 0 heterocycles. The molecule has 0 aliphatic carbocycles. The van der Waals surface area contributed by atoms with Gasteiger partial charge in [0.1, 0.15) is 17.8 Å². The number of nitrogen functional groups attached to an aromatic ring is 1. The molecular weight excluding hydrogens is 1210 g/mol. The van der Waals surface area contributed by atoms with Crippen molar-refractivity contribution in [3.63, 3.8) is 0 Å². The molecule has 14 rings (SSSR count). The second-order valence-electron chi connectivity index (χ2n) is 22.8. The monoisotopic (exact) mass is 1270 g/mol. The summed E-state index contributed by atoms with van der Waals surface area (Å²) in [7, 11) is 0. The Bertz CT molecular complexity index is 4800. The number of aromatic hydroxyl groups is 2. The van der Waals surface area contributed by atoms with Crippen LogP contribution in [0.4, 0.5) is 68.2 Å². The van der Waals surface area contributed by atoms with Crippen molar-refractivity contribution in [2.75, 3.05) is 20.4 Å². The molecule has 14 aromatic carbocycles. The number of carbonyl (C=O) groups excluding carboxylic acids is 2. The van der Waals surface area contributed by atoms with Crippen molar-refractivity contribution in [1.29, 1.82) is 0 Å². The maximum atomic E-state index is 10.7. The van der Waals surface area contributed by atoms with Crippen molar-refractivity contribution in [3.8, 4) is 44.9 Å². The molecule has 0 unspecified atom stereocenters. The van der Waals surface area contributed by atoms with E-state index in [-0.39, 0.29) is 17.1 Å². The van der Waals surface area contributed by atoms with E-state index in [1.54, 1.807) is 18.5 Å². The van der Waals surface area contributed by atoms with Crippen LogP contribution in [0.15, 0.2) is 374 Å². The Morgan fingerprint density at radius 2 is 0.510 bits per heavy atom. The van der Waals surface area contributed by atoms with Crippen LogP contribution in [-0.4, -0.2) is 35.2 Å². The minimum absolute atomic E-state index is 0.106. The molecule has 0 amide bonds. The molecule has 0 atom stereocenters. The summed E-state index contributed by atoms with van der Waals surface area (Å²) in [6.45, 7) is 0. The molecule has 0 aromatic heterocycles. The number of aldehydes is 2. The van der Waals surface area contributed by atoms with Crippen LogP contribution < -0.4 is 20.4 Å². The van der Waals surface area contributed by atoms with Crippen LogP contribution in [0.5, 0.6) is 11.5 Å². The molecule has 0 saturated carbocycles. The molecular formula is C88H68N6O4. The molecule has 0 radical (unpaired) electrons. The highest BCUT2D eigenvalue weighted by Gasteiger charge is 2.16. The second kappa shape index (κ2) is 31.9. The van der Waals surface area contributed by atoms with Crippen molar-refractivity contribution in [3.05, 3.63) is 386 Å². The third-order valence-electron chi connectivity index (χ3n) is 16.2. The van der Waals surface area contributed by atoms with Crippen molar-refractivity contribution >= 4 is 93.3 Å². The van der Waals surface area contributed by atoms with E-state index in [0.717, 1.165) is 102 Å². The van der Waals surface area contributed by atoms with Gasteiger partial charge in [0.05, 0.1) is 16.9 Å². The van der Waals surface area contributed by atoms with Crippen molar-refractivity contribution in [2.45, 2.75) is 0 Å². The van der Waals surface area contributed by atoms with Gasteiger partial charge in [-0.2, -0.15) is 0 Å². The Morgan fingerprint density at radius 1 is 0.255 bits per heavy atom. The Labute approximate surface area is 571 Å². The summed E-state index contributed by atoms with van der Waals surface area (Å²) in [6, 6.07) is 122. The summed E-state index contributed by atoms with van der Waals surface area (Å²) in [4.78, 5) is 36.6. The number of phenolic OH excluding ortho intramolecular Hbond substituents is 2. The van der Waals surface area contributed by atoms with Crippen LogP contribution >= 0.6 is 0 Å². The molecule has 14 aromatic rings. The van der Waals surface area contributed by atoms with E-state index in [1.807, 2.05) is 84.9 Å². The van der Waals surface area contributed by atoms with Crippen LogP contribution in [0.3, 0.4) is 0 Å². The zero-order valence-electron chi connectivity index (χ0n) is 53.5. The number of aliphatic imine (C=N–C) groups is 2. The third-order valence-corrected chi connectivity index (χ3v) is 16.2. The van der Waals surface area contributed by atoms with Gasteiger partial charge in [0.2, 0.25) is 0 Å². The summed E-state index contributed by atoms with van der Waals surface area (Å²) in [5, 5.41) is 19.6. The van der Waals surface area contributed by atoms with Gasteiger partial charge in [-0.3, -0.25) is 19.6 Å². The molecule has 0 aliphatic rings. The van der Waals surface area contributed by atoms with Gasteiger partial charge in [0.25, 0.3) is 0 Å². The highest BCUT2D eigenvalue weighted by Crippen LogP contribution is 2.39. The number of phenols is 2. The van der Waals surface area contributed by atoms with E-state index in [4.69, 9.17) is 15.8 Å². The maximum Gasteiger partial charge on any atom is 0.153 e. The van der Waals surface area contributed by atoms with Gasteiger partial charge in [-0.15, -0.1) is 0 Å². The summed E-state index contributed by atoms with van der Waals surface area (Å²) in [5.74, 6) is 0.0503.